The Kier molecular flexibility index (Phi) is 5.21. The molecule has 1 unspecified atom stereocenters. The zero-order valence-corrected chi connectivity index (χ0v) is 13.4. The summed E-state index contributed by atoms with van der Waals surface area (Å²) in [5.74, 6) is -0.658. The predicted octanol–water partition coefficient (Wildman–Crippen LogP) is 4.39. The molecule has 0 aromatic heterocycles. The number of carboxylic acids is 1. The number of nitrogens with zero attached hydrogens (tertiary/aromatic N) is 1. The maximum atomic E-state index is 10.9. The molecule has 2 aromatic rings. The molecule has 0 radical (unpaired) electrons. The third-order valence-corrected chi connectivity index (χ3v) is 3.99. The molecule has 3 heteroatoms. The second-order valence-corrected chi connectivity index (χ2v) is 5.77. The van der Waals surface area contributed by atoms with E-state index in [4.69, 9.17) is 5.11 Å². The van der Waals surface area contributed by atoms with Crippen LogP contribution in [0.5, 0.6) is 0 Å². The average Bonchev–Trinajstić information content (AvgIpc) is 2.52. The lowest BCUT2D eigenvalue weighted by Gasteiger charge is -2.15. The van der Waals surface area contributed by atoms with E-state index in [1.165, 1.54) is 11.3 Å². The Labute approximate surface area is 132 Å². The fourth-order valence-corrected chi connectivity index (χ4v) is 2.62. The van der Waals surface area contributed by atoms with Gasteiger partial charge < -0.3 is 10.0 Å². The largest absolute Gasteiger partial charge is 0.481 e. The summed E-state index contributed by atoms with van der Waals surface area (Å²) in [5, 5.41) is 8.99. The standard InChI is InChI=1S/C19H23NO2/c1-4-14(13-19(21)22)15-8-10-16(11-9-15)17-6-5-7-18(12-17)20(2)3/h5-12,14H,4,13H2,1-3H3,(H,21,22). The molecule has 0 aliphatic heterocycles. The van der Waals surface area contributed by atoms with Gasteiger partial charge in [0.15, 0.2) is 0 Å². The van der Waals surface area contributed by atoms with Crippen molar-refractivity contribution < 1.29 is 9.90 Å². The molecule has 0 spiro atoms. The maximum Gasteiger partial charge on any atom is 0.303 e. The van der Waals surface area contributed by atoms with Gasteiger partial charge in [0.05, 0.1) is 6.42 Å². The van der Waals surface area contributed by atoms with Crippen LogP contribution in [0.3, 0.4) is 0 Å². The van der Waals surface area contributed by atoms with E-state index in [0.717, 1.165) is 17.5 Å². The summed E-state index contributed by atoms with van der Waals surface area (Å²) in [5.41, 5.74) is 4.58. The van der Waals surface area contributed by atoms with Crippen LogP contribution in [0.1, 0.15) is 31.2 Å². The monoisotopic (exact) mass is 297 g/mol. The van der Waals surface area contributed by atoms with Gasteiger partial charge in [0.1, 0.15) is 0 Å². The lowest BCUT2D eigenvalue weighted by molar-refractivity contribution is -0.137. The first-order valence-corrected chi connectivity index (χ1v) is 7.60. The van der Waals surface area contributed by atoms with Gasteiger partial charge in [-0.05, 0) is 41.2 Å². The molecule has 0 saturated carbocycles. The number of aliphatic carboxylic acids is 1. The Bertz CT molecular complexity index is 632. The number of carboxylic acid groups (broad SMARTS) is 1. The molecule has 1 atom stereocenters. The van der Waals surface area contributed by atoms with E-state index < -0.39 is 5.97 Å². The fraction of sp³-hybridized carbons (Fsp3) is 0.316. The molecule has 22 heavy (non-hydrogen) atoms. The van der Waals surface area contributed by atoms with Gasteiger partial charge in [-0.15, -0.1) is 0 Å². The third kappa shape index (κ3) is 3.88. The second-order valence-electron chi connectivity index (χ2n) is 5.77. The highest BCUT2D eigenvalue weighted by Crippen LogP contribution is 2.28. The van der Waals surface area contributed by atoms with Crippen molar-refractivity contribution in [2.45, 2.75) is 25.7 Å². The molecule has 0 heterocycles. The van der Waals surface area contributed by atoms with E-state index in [9.17, 15) is 4.79 Å². The Balaban J connectivity index is 2.24. The Hall–Kier alpha value is -2.29. The van der Waals surface area contributed by atoms with E-state index in [2.05, 4.69) is 53.4 Å². The minimum absolute atomic E-state index is 0.0830. The van der Waals surface area contributed by atoms with Crippen LogP contribution >= 0.6 is 0 Å². The van der Waals surface area contributed by atoms with Crippen molar-refractivity contribution in [3.8, 4) is 11.1 Å². The van der Waals surface area contributed by atoms with Crippen molar-refractivity contribution in [3.05, 3.63) is 54.1 Å². The average molecular weight is 297 g/mol. The van der Waals surface area contributed by atoms with Gasteiger partial charge >= 0.3 is 5.97 Å². The number of hydrogen-bond donors (Lipinski definition) is 1. The summed E-state index contributed by atoms with van der Waals surface area (Å²) in [7, 11) is 4.06. The zero-order valence-electron chi connectivity index (χ0n) is 13.4. The van der Waals surface area contributed by atoms with E-state index in [1.807, 2.05) is 21.0 Å². The first-order valence-electron chi connectivity index (χ1n) is 7.60. The van der Waals surface area contributed by atoms with Crippen molar-refractivity contribution in [1.29, 1.82) is 0 Å². The highest BCUT2D eigenvalue weighted by molar-refractivity contribution is 5.70. The van der Waals surface area contributed by atoms with Crippen molar-refractivity contribution >= 4 is 11.7 Å². The molecule has 1 N–H and O–H groups in total. The van der Waals surface area contributed by atoms with Crippen LogP contribution in [-0.4, -0.2) is 25.2 Å². The highest BCUT2D eigenvalue weighted by Gasteiger charge is 2.13. The van der Waals surface area contributed by atoms with Gasteiger partial charge in [-0.1, -0.05) is 43.3 Å². The molecule has 0 amide bonds. The number of rotatable bonds is 6. The molecule has 2 rings (SSSR count). The van der Waals surface area contributed by atoms with Crippen LogP contribution in [0, 0.1) is 0 Å². The summed E-state index contributed by atoms with van der Waals surface area (Å²) in [6.07, 6.45) is 1.02. The summed E-state index contributed by atoms with van der Waals surface area (Å²) >= 11 is 0. The maximum absolute atomic E-state index is 10.9. The summed E-state index contributed by atoms with van der Waals surface area (Å²) in [6.45, 7) is 2.03. The Morgan fingerprint density at radius 3 is 2.32 bits per heavy atom. The molecular formula is C19H23NO2. The van der Waals surface area contributed by atoms with Crippen LogP contribution < -0.4 is 4.90 Å². The number of benzene rings is 2. The highest BCUT2D eigenvalue weighted by atomic mass is 16.4. The molecular weight excluding hydrogens is 274 g/mol. The van der Waals surface area contributed by atoms with Crippen molar-refractivity contribution in [2.24, 2.45) is 0 Å². The lowest BCUT2D eigenvalue weighted by atomic mass is 9.91. The fourth-order valence-electron chi connectivity index (χ4n) is 2.62. The van der Waals surface area contributed by atoms with Crippen LogP contribution in [0.2, 0.25) is 0 Å². The Morgan fingerprint density at radius 2 is 1.77 bits per heavy atom. The molecule has 3 nitrogen and oxygen atoms in total. The third-order valence-electron chi connectivity index (χ3n) is 3.99. The minimum atomic E-state index is -0.741. The molecule has 0 saturated heterocycles. The van der Waals surface area contributed by atoms with Gasteiger partial charge in [-0.25, -0.2) is 0 Å². The second kappa shape index (κ2) is 7.12. The summed E-state index contributed by atoms with van der Waals surface area (Å²) in [4.78, 5) is 13.0. The normalized spacial score (nSPS) is 12.0. The first kappa shape index (κ1) is 16.1. The van der Waals surface area contributed by atoms with Gasteiger partial charge in [-0.2, -0.15) is 0 Å². The van der Waals surface area contributed by atoms with E-state index in [-0.39, 0.29) is 12.3 Å². The minimum Gasteiger partial charge on any atom is -0.481 e. The lowest BCUT2D eigenvalue weighted by Crippen LogP contribution is -2.08. The number of carbonyl (C=O) groups is 1. The van der Waals surface area contributed by atoms with Crippen molar-refractivity contribution in [2.75, 3.05) is 19.0 Å². The van der Waals surface area contributed by atoms with Gasteiger partial charge in [-0.3, -0.25) is 4.79 Å². The van der Waals surface area contributed by atoms with E-state index >= 15 is 0 Å². The molecule has 0 aliphatic rings. The smallest absolute Gasteiger partial charge is 0.303 e. The zero-order chi connectivity index (χ0) is 16.1. The van der Waals surface area contributed by atoms with E-state index in [1.54, 1.807) is 0 Å². The number of anilines is 1. The van der Waals surface area contributed by atoms with Crippen LogP contribution in [-0.2, 0) is 4.79 Å². The van der Waals surface area contributed by atoms with Crippen LogP contribution in [0.15, 0.2) is 48.5 Å². The summed E-state index contributed by atoms with van der Waals surface area (Å²) in [6, 6.07) is 16.6. The molecule has 0 aliphatic carbocycles. The SMILES string of the molecule is CCC(CC(=O)O)c1ccc(-c2cccc(N(C)C)c2)cc1. The molecule has 2 aromatic carbocycles. The molecule has 0 fully saturated rings. The van der Waals surface area contributed by atoms with Gasteiger partial charge in [0.25, 0.3) is 0 Å². The van der Waals surface area contributed by atoms with Crippen LogP contribution in [0.25, 0.3) is 11.1 Å². The van der Waals surface area contributed by atoms with Gasteiger partial charge in [0.2, 0.25) is 0 Å². The first-order chi connectivity index (χ1) is 10.5. The van der Waals surface area contributed by atoms with Crippen molar-refractivity contribution in [3.63, 3.8) is 0 Å². The Morgan fingerprint density at radius 1 is 1.09 bits per heavy atom. The quantitative estimate of drug-likeness (QED) is 0.859. The molecule has 116 valence electrons. The number of hydrogen-bond acceptors (Lipinski definition) is 2. The van der Waals surface area contributed by atoms with Crippen molar-refractivity contribution in [1.82, 2.24) is 0 Å². The van der Waals surface area contributed by atoms with Crippen LogP contribution in [0.4, 0.5) is 5.69 Å². The van der Waals surface area contributed by atoms with Gasteiger partial charge in [0, 0.05) is 19.8 Å². The summed E-state index contributed by atoms with van der Waals surface area (Å²) < 4.78 is 0. The predicted molar refractivity (Wildman–Crippen MR) is 91.5 cm³/mol. The topological polar surface area (TPSA) is 40.5 Å². The van der Waals surface area contributed by atoms with E-state index in [0.29, 0.717) is 0 Å². The molecule has 0 bridgehead atoms.